The molecule has 0 amide bonds. The molecule has 21 heavy (non-hydrogen) atoms. The fourth-order valence-corrected chi connectivity index (χ4v) is 3.02. The molecule has 1 aliphatic heterocycles. The van der Waals surface area contributed by atoms with Crippen LogP contribution in [-0.4, -0.2) is 6.54 Å². The lowest BCUT2D eigenvalue weighted by molar-refractivity contribution is 0.134. The zero-order valence-corrected chi connectivity index (χ0v) is 13.0. The third kappa shape index (κ3) is 3.13. The second-order valence-electron chi connectivity index (χ2n) is 5.43. The second-order valence-corrected chi connectivity index (χ2v) is 5.84. The first kappa shape index (κ1) is 14.6. The van der Waals surface area contributed by atoms with Crippen molar-refractivity contribution in [3.63, 3.8) is 0 Å². The zero-order valence-electron chi connectivity index (χ0n) is 12.2. The van der Waals surface area contributed by atoms with E-state index in [1.54, 1.807) is 0 Å². The normalized spacial score (nSPS) is 15.0. The van der Waals surface area contributed by atoms with Crippen molar-refractivity contribution in [3.05, 3.63) is 69.7 Å². The summed E-state index contributed by atoms with van der Waals surface area (Å²) in [4.78, 5) is 0. The second kappa shape index (κ2) is 6.61. The SMILES string of the molecule is CCCNC(c1ccc2c(c1)COC2)c1ccccc1Cl. The first-order chi connectivity index (χ1) is 10.3. The van der Waals surface area contributed by atoms with E-state index in [2.05, 4.69) is 36.5 Å². The van der Waals surface area contributed by atoms with Crippen LogP contribution in [0.25, 0.3) is 0 Å². The Labute approximate surface area is 131 Å². The lowest BCUT2D eigenvalue weighted by Gasteiger charge is -2.21. The Balaban J connectivity index is 1.97. The van der Waals surface area contributed by atoms with Gasteiger partial charge in [-0.25, -0.2) is 0 Å². The highest BCUT2D eigenvalue weighted by atomic mass is 35.5. The van der Waals surface area contributed by atoms with Crippen LogP contribution in [0.4, 0.5) is 0 Å². The molecule has 110 valence electrons. The van der Waals surface area contributed by atoms with Gasteiger partial charge in [0.15, 0.2) is 0 Å². The van der Waals surface area contributed by atoms with Gasteiger partial charge in [0.2, 0.25) is 0 Å². The smallest absolute Gasteiger partial charge is 0.0725 e. The molecule has 0 radical (unpaired) electrons. The number of rotatable bonds is 5. The number of ether oxygens (including phenoxy) is 1. The molecule has 1 N–H and O–H groups in total. The third-order valence-corrected chi connectivity index (χ3v) is 4.24. The summed E-state index contributed by atoms with van der Waals surface area (Å²) in [5.74, 6) is 0. The van der Waals surface area contributed by atoms with Crippen LogP contribution in [-0.2, 0) is 18.0 Å². The van der Waals surface area contributed by atoms with Gasteiger partial charge in [-0.2, -0.15) is 0 Å². The number of hydrogen-bond acceptors (Lipinski definition) is 2. The fraction of sp³-hybridized carbons (Fsp3) is 0.333. The summed E-state index contributed by atoms with van der Waals surface area (Å²) < 4.78 is 5.51. The summed E-state index contributed by atoms with van der Waals surface area (Å²) in [6.07, 6.45) is 1.09. The van der Waals surface area contributed by atoms with Crippen molar-refractivity contribution in [1.82, 2.24) is 5.32 Å². The van der Waals surface area contributed by atoms with Gasteiger partial charge in [0.25, 0.3) is 0 Å². The van der Waals surface area contributed by atoms with Crippen LogP contribution in [0, 0.1) is 0 Å². The minimum absolute atomic E-state index is 0.129. The summed E-state index contributed by atoms with van der Waals surface area (Å²) in [5, 5.41) is 4.42. The van der Waals surface area contributed by atoms with Crippen LogP contribution in [0.5, 0.6) is 0 Å². The number of hydrogen-bond donors (Lipinski definition) is 1. The van der Waals surface area contributed by atoms with Crippen molar-refractivity contribution >= 4 is 11.6 Å². The van der Waals surface area contributed by atoms with Gasteiger partial charge in [-0.15, -0.1) is 0 Å². The molecule has 1 heterocycles. The first-order valence-electron chi connectivity index (χ1n) is 7.47. The molecule has 0 fully saturated rings. The molecule has 3 rings (SSSR count). The van der Waals surface area contributed by atoms with E-state index in [0.717, 1.165) is 30.2 Å². The predicted octanol–water partition coefficient (Wildman–Crippen LogP) is 4.46. The predicted molar refractivity (Wildman–Crippen MR) is 86.5 cm³/mol. The van der Waals surface area contributed by atoms with Crippen molar-refractivity contribution in [3.8, 4) is 0 Å². The van der Waals surface area contributed by atoms with Crippen molar-refractivity contribution in [2.75, 3.05) is 6.54 Å². The van der Waals surface area contributed by atoms with Gasteiger partial charge in [0, 0.05) is 5.02 Å². The van der Waals surface area contributed by atoms with E-state index in [4.69, 9.17) is 16.3 Å². The van der Waals surface area contributed by atoms with Crippen molar-refractivity contribution in [2.24, 2.45) is 0 Å². The summed E-state index contributed by atoms with van der Waals surface area (Å²) in [6, 6.07) is 14.8. The maximum Gasteiger partial charge on any atom is 0.0725 e. The van der Waals surface area contributed by atoms with Crippen LogP contribution in [0.1, 0.15) is 41.6 Å². The van der Waals surface area contributed by atoms with E-state index in [1.165, 1.54) is 16.7 Å². The van der Waals surface area contributed by atoms with Gasteiger partial charge in [0.1, 0.15) is 0 Å². The number of benzene rings is 2. The molecule has 1 atom stereocenters. The summed E-state index contributed by atoms with van der Waals surface area (Å²) in [7, 11) is 0. The van der Waals surface area contributed by atoms with E-state index in [9.17, 15) is 0 Å². The van der Waals surface area contributed by atoms with Crippen LogP contribution >= 0.6 is 11.6 Å². The summed E-state index contributed by atoms with van der Waals surface area (Å²) >= 11 is 6.40. The molecule has 0 aliphatic carbocycles. The molecule has 0 saturated heterocycles. The average Bonchev–Trinajstić information content (AvgIpc) is 2.97. The lowest BCUT2D eigenvalue weighted by atomic mass is 9.95. The minimum atomic E-state index is 0.129. The van der Waals surface area contributed by atoms with E-state index >= 15 is 0 Å². The number of fused-ring (bicyclic) bond motifs is 1. The van der Waals surface area contributed by atoms with Gasteiger partial charge >= 0.3 is 0 Å². The maximum atomic E-state index is 6.40. The Hall–Kier alpha value is -1.35. The quantitative estimate of drug-likeness (QED) is 0.880. The highest BCUT2D eigenvalue weighted by Gasteiger charge is 2.19. The van der Waals surface area contributed by atoms with Crippen LogP contribution in [0.15, 0.2) is 42.5 Å². The third-order valence-electron chi connectivity index (χ3n) is 3.89. The first-order valence-corrected chi connectivity index (χ1v) is 7.84. The summed E-state index contributed by atoms with van der Waals surface area (Å²) in [5.41, 5.74) is 4.97. The molecule has 1 unspecified atom stereocenters. The van der Waals surface area contributed by atoms with Gasteiger partial charge in [-0.05, 0) is 41.3 Å². The molecule has 2 aromatic carbocycles. The number of nitrogens with one attached hydrogen (secondary N) is 1. The van der Waals surface area contributed by atoms with E-state index in [-0.39, 0.29) is 6.04 Å². The van der Waals surface area contributed by atoms with Gasteiger partial charge in [-0.3, -0.25) is 0 Å². The molecular weight excluding hydrogens is 282 g/mol. The molecule has 2 nitrogen and oxygen atoms in total. The van der Waals surface area contributed by atoms with Crippen molar-refractivity contribution in [1.29, 1.82) is 0 Å². The Kier molecular flexibility index (Phi) is 4.59. The Morgan fingerprint density at radius 1 is 1.14 bits per heavy atom. The van der Waals surface area contributed by atoms with Crippen molar-refractivity contribution < 1.29 is 4.74 Å². The molecule has 0 saturated carbocycles. The van der Waals surface area contributed by atoms with Gasteiger partial charge in [0.05, 0.1) is 19.3 Å². The van der Waals surface area contributed by atoms with E-state index in [1.807, 2.05) is 18.2 Å². The largest absolute Gasteiger partial charge is 0.372 e. The van der Waals surface area contributed by atoms with Gasteiger partial charge < -0.3 is 10.1 Å². The molecule has 0 aromatic heterocycles. The molecule has 0 bridgehead atoms. The Morgan fingerprint density at radius 3 is 2.76 bits per heavy atom. The monoisotopic (exact) mass is 301 g/mol. The highest BCUT2D eigenvalue weighted by molar-refractivity contribution is 6.31. The molecule has 0 spiro atoms. The minimum Gasteiger partial charge on any atom is -0.372 e. The Morgan fingerprint density at radius 2 is 1.95 bits per heavy atom. The molecular formula is C18H20ClNO. The van der Waals surface area contributed by atoms with E-state index in [0.29, 0.717) is 6.61 Å². The molecule has 3 heteroatoms. The Bertz CT molecular complexity index is 626. The summed E-state index contributed by atoms with van der Waals surface area (Å²) in [6.45, 7) is 4.58. The van der Waals surface area contributed by atoms with Gasteiger partial charge in [-0.1, -0.05) is 54.9 Å². The zero-order chi connectivity index (χ0) is 14.7. The number of halogens is 1. The van der Waals surface area contributed by atoms with Crippen molar-refractivity contribution in [2.45, 2.75) is 32.6 Å². The van der Waals surface area contributed by atoms with Crippen LogP contribution < -0.4 is 5.32 Å². The lowest BCUT2D eigenvalue weighted by Crippen LogP contribution is -2.23. The standard InChI is InChI=1S/C18H20ClNO/c1-2-9-20-18(16-5-3-4-6-17(16)19)13-7-8-14-11-21-12-15(14)10-13/h3-8,10,18,20H,2,9,11-12H2,1H3. The maximum absolute atomic E-state index is 6.40. The van der Waals surface area contributed by atoms with Crippen LogP contribution in [0.3, 0.4) is 0 Å². The highest BCUT2D eigenvalue weighted by Crippen LogP contribution is 2.31. The molecule has 1 aliphatic rings. The topological polar surface area (TPSA) is 21.3 Å². The van der Waals surface area contributed by atoms with E-state index < -0.39 is 0 Å². The van der Waals surface area contributed by atoms with Crippen LogP contribution in [0.2, 0.25) is 5.02 Å². The fourth-order valence-electron chi connectivity index (χ4n) is 2.78. The average molecular weight is 302 g/mol. The molecule has 2 aromatic rings.